The lowest BCUT2D eigenvalue weighted by molar-refractivity contribution is 0.393. The number of nitrogens with one attached hydrogen (secondary N) is 2. The average Bonchev–Trinajstić information content (AvgIpc) is 2.82. The SMILES string of the molecule is CN=C(NCC(C)Sc1ccccc1)NC1CCN(c2cc(OC)cc(OC)c2)CC1.I. The van der Waals surface area contributed by atoms with Gasteiger partial charge in [-0.1, -0.05) is 25.1 Å². The van der Waals surface area contributed by atoms with Crippen LogP contribution in [-0.4, -0.2) is 58.2 Å². The molecule has 3 rings (SSSR count). The summed E-state index contributed by atoms with van der Waals surface area (Å²) in [5.41, 5.74) is 1.14. The van der Waals surface area contributed by atoms with Gasteiger partial charge in [-0.3, -0.25) is 4.99 Å². The van der Waals surface area contributed by atoms with Crippen LogP contribution in [0, 0.1) is 0 Å². The number of halogens is 1. The quantitative estimate of drug-likeness (QED) is 0.209. The van der Waals surface area contributed by atoms with Gasteiger partial charge >= 0.3 is 0 Å². The van der Waals surface area contributed by atoms with Crippen LogP contribution in [-0.2, 0) is 0 Å². The summed E-state index contributed by atoms with van der Waals surface area (Å²) < 4.78 is 10.8. The molecule has 176 valence electrons. The topological polar surface area (TPSA) is 58.1 Å². The van der Waals surface area contributed by atoms with Crippen molar-refractivity contribution in [2.24, 2.45) is 4.99 Å². The van der Waals surface area contributed by atoms with Crippen molar-refractivity contribution < 1.29 is 9.47 Å². The summed E-state index contributed by atoms with van der Waals surface area (Å²) in [6.45, 7) is 5.05. The van der Waals surface area contributed by atoms with Crippen molar-refractivity contribution in [3.63, 3.8) is 0 Å². The first-order valence-corrected chi connectivity index (χ1v) is 11.7. The first-order valence-electron chi connectivity index (χ1n) is 10.8. The zero-order valence-electron chi connectivity index (χ0n) is 19.3. The molecular weight excluding hydrogens is 535 g/mol. The van der Waals surface area contributed by atoms with E-state index in [1.54, 1.807) is 14.2 Å². The molecule has 1 atom stereocenters. The fourth-order valence-corrected chi connectivity index (χ4v) is 4.60. The zero-order valence-corrected chi connectivity index (χ0v) is 22.5. The van der Waals surface area contributed by atoms with Crippen LogP contribution in [0.2, 0.25) is 0 Å². The van der Waals surface area contributed by atoms with Crippen molar-refractivity contribution in [3.8, 4) is 11.5 Å². The molecule has 32 heavy (non-hydrogen) atoms. The molecule has 2 N–H and O–H groups in total. The van der Waals surface area contributed by atoms with Gasteiger partial charge in [-0.15, -0.1) is 35.7 Å². The summed E-state index contributed by atoms with van der Waals surface area (Å²) in [4.78, 5) is 8.10. The molecule has 0 bridgehead atoms. The average molecular weight is 571 g/mol. The van der Waals surface area contributed by atoms with Gasteiger partial charge in [-0.25, -0.2) is 0 Å². The minimum atomic E-state index is 0. The maximum Gasteiger partial charge on any atom is 0.191 e. The van der Waals surface area contributed by atoms with E-state index in [1.165, 1.54) is 4.90 Å². The molecule has 8 heteroatoms. The highest BCUT2D eigenvalue weighted by atomic mass is 127. The number of guanidine groups is 1. The van der Waals surface area contributed by atoms with Crippen LogP contribution in [0.3, 0.4) is 0 Å². The van der Waals surface area contributed by atoms with E-state index >= 15 is 0 Å². The van der Waals surface area contributed by atoms with Gasteiger partial charge in [0.15, 0.2) is 5.96 Å². The van der Waals surface area contributed by atoms with Gasteiger partial charge in [-0.05, 0) is 25.0 Å². The molecule has 2 aromatic carbocycles. The smallest absolute Gasteiger partial charge is 0.191 e. The number of thioether (sulfide) groups is 1. The lowest BCUT2D eigenvalue weighted by Gasteiger charge is -2.35. The Bertz CT molecular complexity index is 823. The van der Waals surface area contributed by atoms with Crippen LogP contribution in [0.15, 0.2) is 58.4 Å². The lowest BCUT2D eigenvalue weighted by Crippen LogP contribution is -2.49. The number of methoxy groups -OCH3 is 2. The highest BCUT2D eigenvalue weighted by Gasteiger charge is 2.21. The largest absolute Gasteiger partial charge is 0.497 e. The minimum Gasteiger partial charge on any atom is -0.497 e. The van der Waals surface area contributed by atoms with Gasteiger partial charge in [0, 0.05) is 66.8 Å². The molecule has 0 saturated carbocycles. The minimum absolute atomic E-state index is 0. The second-order valence-electron chi connectivity index (χ2n) is 7.67. The highest BCUT2D eigenvalue weighted by molar-refractivity contribution is 14.0. The lowest BCUT2D eigenvalue weighted by atomic mass is 10.0. The fourth-order valence-electron chi connectivity index (χ4n) is 3.66. The molecule has 0 aromatic heterocycles. The normalized spacial score (nSPS) is 15.5. The molecule has 2 aromatic rings. The Hall–Kier alpha value is -1.81. The fraction of sp³-hybridized carbons (Fsp3) is 0.458. The van der Waals surface area contributed by atoms with Crippen LogP contribution < -0.4 is 25.0 Å². The Morgan fingerprint density at radius 1 is 1.09 bits per heavy atom. The van der Waals surface area contributed by atoms with Gasteiger partial charge in [0.1, 0.15) is 11.5 Å². The first-order chi connectivity index (χ1) is 15.1. The Labute approximate surface area is 213 Å². The van der Waals surface area contributed by atoms with E-state index in [2.05, 4.69) is 69.9 Å². The molecule has 0 spiro atoms. The van der Waals surface area contributed by atoms with Crippen LogP contribution in [0.5, 0.6) is 11.5 Å². The molecule has 0 radical (unpaired) electrons. The van der Waals surface area contributed by atoms with Gasteiger partial charge in [-0.2, -0.15) is 0 Å². The van der Waals surface area contributed by atoms with E-state index in [9.17, 15) is 0 Å². The third-order valence-electron chi connectivity index (χ3n) is 5.40. The van der Waals surface area contributed by atoms with Gasteiger partial charge < -0.3 is 25.0 Å². The van der Waals surface area contributed by atoms with Crippen LogP contribution in [0.25, 0.3) is 0 Å². The number of benzene rings is 2. The van der Waals surface area contributed by atoms with Crippen LogP contribution in [0.4, 0.5) is 5.69 Å². The Morgan fingerprint density at radius 3 is 2.28 bits per heavy atom. The first kappa shape index (κ1) is 26.4. The summed E-state index contributed by atoms with van der Waals surface area (Å²) in [5, 5.41) is 7.53. The van der Waals surface area contributed by atoms with Crippen molar-refractivity contribution in [2.75, 3.05) is 45.8 Å². The Balaban J connectivity index is 0.00000363. The Kier molecular flexibility index (Phi) is 11.3. The van der Waals surface area contributed by atoms with Gasteiger partial charge in [0.05, 0.1) is 14.2 Å². The van der Waals surface area contributed by atoms with Gasteiger partial charge in [0.2, 0.25) is 0 Å². The number of piperidine rings is 1. The predicted molar refractivity (Wildman–Crippen MR) is 146 cm³/mol. The number of ether oxygens (including phenoxy) is 2. The van der Waals surface area contributed by atoms with E-state index < -0.39 is 0 Å². The molecular formula is C24H35IN4O2S. The van der Waals surface area contributed by atoms with E-state index in [0.29, 0.717) is 11.3 Å². The number of hydrogen-bond acceptors (Lipinski definition) is 5. The number of rotatable bonds is 8. The maximum absolute atomic E-state index is 5.42. The third-order valence-corrected chi connectivity index (χ3v) is 6.51. The van der Waals surface area contributed by atoms with Crippen molar-refractivity contribution in [2.45, 2.75) is 36.0 Å². The second-order valence-corrected chi connectivity index (χ2v) is 9.18. The number of anilines is 1. The van der Waals surface area contributed by atoms with E-state index in [-0.39, 0.29) is 24.0 Å². The molecule has 0 aliphatic carbocycles. The molecule has 6 nitrogen and oxygen atoms in total. The summed E-state index contributed by atoms with van der Waals surface area (Å²) in [5.74, 6) is 2.52. The molecule has 1 aliphatic rings. The molecule has 1 saturated heterocycles. The molecule has 1 aliphatic heterocycles. The summed E-state index contributed by atoms with van der Waals surface area (Å²) >= 11 is 1.87. The zero-order chi connectivity index (χ0) is 22.1. The molecule has 1 unspecified atom stereocenters. The highest BCUT2D eigenvalue weighted by Crippen LogP contribution is 2.30. The van der Waals surface area contributed by atoms with E-state index in [4.69, 9.17) is 9.47 Å². The monoisotopic (exact) mass is 570 g/mol. The van der Waals surface area contributed by atoms with Crippen molar-refractivity contribution >= 4 is 47.4 Å². The van der Waals surface area contributed by atoms with E-state index in [1.807, 2.05) is 24.9 Å². The maximum atomic E-state index is 5.42. The summed E-state index contributed by atoms with van der Waals surface area (Å²) in [6, 6.07) is 17.0. The van der Waals surface area contributed by atoms with Crippen molar-refractivity contribution in [1.82, 2.24) is 10.6 Å². The third kappa shape index (κ3) is 7.95. The number of hydrogen-bond donors (Lipinski definition) is 2. The van der Waals surface area contributed by atoms with Gasteiger partial charge in [0.25, 0.3) is 0 Å². The second kappa shape index (κ2) is 13.7. The molecule has 0 amide bonds. The predicted octanol–water partition coefficient (Wildman–Crippen LogP) is 4.64. The number of aliphatic imine (C=N–C) groups is 1. The molecule has 1 fully saturated rings. The molecule has 1 heterocycles. The Morgan fingerprint density at radius 2 is 1.72 bits per heavy atom. The summed E-state index contributed by atoms with van der Waals surface area (Å²) in [7, 11) is 5.21. The number of nitrogens with zero attached hydrogens (tertiary/aromatic N) is 2. The van der Waals surface area contributed by atoms with Crippen LogP contribution in [0.1, 0.15) is 19.8 Å². The van der Waals surface area contributed by atoms with Crippen molar-refractivity contribution in [3.05, 3.63) is 48.5 Å². The van der Waals surface area contributed by atoms with Crippen LogP contribution >= 0.6 is 35.7 Å². The van der Waals surface area contributed by atoms with Crippen molar-refractivity contribution in [1.29, 1.82) is 0 Å². The van der Waals surface area contributed by atoms with E-state index in [0.717, 1.165) is 55.6 Å². The summed E-state index contributed by atoms with van der Waals surface area (Å²) in [6.07, 6.45) is 2.10. The standard InChI is InChI=1S/C24H34N4O2S.HI/c1-18(31-23-8-6-5-7-9-23)17-26-24(25-2)27-19-10-12-28(13-11-19)20-14-21(29-3)16-22(15-20)30-4;/h5-9,14-16,18-19H,10-13,17H2,1-4H3,(H2,25,26,27);1H.